The first-order valence-corrected chi connectivity index (χ1v) is 9.14. The molecule has 128 valence electrons. The molecule has 0 aliphatic rings. The molecule has 2 rings (SSSR count). The van der Waals surface area contributed by atoms with Crippen molar-refractivity contribution >= 4 is 39.6 Å². The Hall–Kier alpha value is -1.52. The highest BCUT2D eigenvalue weighted by molar-refractivity contribution is 9.10. The molecule has 5 heteroatoms. The van der Waals surface area contributed by atoms with Gasteiger partial charge in [0, 0.05) is 23.6 Å². The Labute approximate surface area is 157 Å². The van der Waals surface area contributed by atoms with Crippen LogP contribution >= 0.6 is 27.5 Å². The Bertz CT molecular complexity index is 742. The van der Waals surface area contributed by atoms with Crippen LogP contribution in [0.25, 0.3) is 0 Å². The largest absolute Gasteiger partial charge is 0.457 e. The summed E-state index contributed by atoms with van der Waals surface area (Å²) >= 11 is 9.51. The number of nitrogens with zero attached hydrogens (tertiary/aromatic N) is 2. The minimum atomic E-state index is 0.627. The summed E-state index contributed by atoms with van der Waals surface area (Å²) in [7, 11) is 0. The van der Waals surface area contributed by atoms with Gasteiger partial charge in [0.2, 0.25) is 0 Å². The lowest BCUT2D eigenvalue weighted by molar-refractivity contribution is 0.477. The first kappa shape index (κ1) is 18.8. The maximum absolute atomic E-state index is 6.12. The fourth-order valence-corrected chi connectivity index (χ4v) is 2.64. The van der Waals surface area contributed by atoms with Gasteiger partial charge in [0.25, 0.3) is 0 Å². The monoisotopic (exact) mass is 408 g/mol. The van der Waals surface area contributed by atoms with E-state index < -0.39 is 0 Å². The minimum absolute atomic E-state index is 0.627. The predicted octanol–water partition coefficient (Wildman–Crippen LogP) is 6.51. The second kappa shape index (κ2) is 8.54. The highest BCUT2D eigenvalue weighted by Gasteiger charge is 2.08. The molecular weight excluding hydrogens is 388 g/mol. The number of rotatable bonds is 6. The van der Waals surface area contributed by atoms with Crippen molar-refractivity contribution in [2.24, 2.45) is 4.99 Å². The lowest BCUT2D eigenvalue weighted by atomic mass is 10.1. The standard InChI is InChI=1S/C19H22BrClN2O/c1-5-23(6-2)12-22-18-9-14(4)19(10-13(18)3)24-15-7-8-16(20)17(21)11-15/h7-12H,5-6H2,1-4H3. The molecule has 0 radical (unpaired) electrons. The summed E-state index contributed by atoms with van der Waals surface area (Å²) in [6, 6.07) is 9.62. The Morgan fingerprint density at radius 1 is 1.12 bits per heavy atom. The van der Waals surface area contributed by atoms with Gasteiger partial charge < -0.3 is 9.64 Å². The zero-order valence-corrected chi connectivity index (χ0v) is 16.8. The van der Waals surface area contributed by atoms with E-state index in [0.29, 0.717) is 10.8 Å². The summed E-state index contributed by atoms with van der Waals surface area (Å²) in [5.41, 5.74) is 3.06. The third kappa shape index (κ3) is 4.74. The third-order valence-corrected chi connectivity index (χ3v) is 5.02. The van der Waals surface area contributed by atoms with Gasteiger partial charge in [-0.1, -0.05) is 11.6 Å². The van der Waals surface area contributed by atoms with Gasteiger partial charge in [0.1, 0.15) is 11.5 Å². The van der Waals surface area contributed by atoms with Crippen molar-refractivity contribution in [1.82, 2.24) is 4.90 Å². The molecule has 3 nitrogen and oxygen atoms in total. The summed E-state index contributed by atoms with van der Waals surface area (Å²) in [4.78, 5) is 6.76. The van der Waals surface area contributed by atoms with Crippen LogP contribution in [0.2, 0.25) is 5.02 Å². The van der Waals surface area contributed by atoms with E-state index in [0.717, 1.165) is 40.1 Å². The maximum atomic E-state index is 6.12. The van der Waals surface area contributed by atoms with E-state index in [1.807, 2.05) is 44.5 Å². The molecule has 0 fully saturated rings. The number of ether oxygens (including phenoxy) is 1. The SMILES string of the molecule is CCN(C=Nc1cc(C)c(Oc2ccc(Br)c(Cl)c2)cc1C)CC. The molecule has 2 aromatic carbocycles. The average Bonchev–Trinajstić information content (AvgIpc) is 2.56. The molecule has 24 heavy (non-hydrogen) atoms. The van der Waals surface area contributed by atoms with E-state index >= 15 is 0 Å². The van der Waals surface area contributed by atoms with Gasteiger partial charge in [-0.2, -0.15) is 0 Å². The molecule has 0 amide bonds. The van der Waals surface area contributed by atoms with Crippen LogP contribution in [0.1, 0.15) is 25.0 Å². The first-order valence-electron chi connectivity index (χ1n) is 7.97. The maximum Gasteiger partial charge on any atom is 0.130 e. The summed E-state index contributed by atoms with van der Waals surface area (Å²) in [5, 5.41) is 0.627. The fourth-order valence-electron chi connectivity index (χ4n) is 2.22. The lowest BCUT2D eigenvalue weighted by Crippen LogP contribution is -2.20. The van der Waals surface area contributed by atoms with Gasteiger partial charge >= 0.3 is 0 Å². The Morgan fingerprint density at radius 3 is 2.46 bits per heavy atom. The van der Waals surface area contributed by atoms with Crippen LogP contribution in [0, 0.1) is 13.8 Å². The molecule has 0 bridgehead atoms. The molecule has 0 aliphatic carbocycles. The van der Waals surface area contributed by atoms with Gasteiger partial charge in [-0.15, -0.1) is 0 Å². The van der Waals surface area contributed by atoms with Crippen LogP contribution in [-0.4, -0.2) is 24.3 Å². The molecule has 0 heterocycles. The van der Waals surface area contributed by atoms with E-state index in [1.165, 1.54) is 0 Å². The van der Waals surface area contributed by atoms with Crippen LogP contribution in [0.4, 0.5) is 5.69 Å². The van der Waals surface area contributed by atoms with Crippen molar-refractivity contribution in [2.75, 3.05) is 13.1 Å². The minimum Gasteiger partial charge on any atom is -0.457 e. The lowest BCUT2D eigenvalue weighted by Gasteiger charge is -2.15. The third-order valence-electron chi connectivity index (χ3n) is 3.78. The van der Waals surface area contributed by atoms with E-state index in [1.54, 1.807) is 6.07 Å². The number of hydrogen-bond acceptors (Lipinski definition) is 2. The van der Waals surface area contributed by atoms with Gasteiger partial charge in [-0.05, 0) is 79.0 Å². The number of benzene rings is 2. The fraction of sp³-hybridized carbons (Fsp3) is 0.316. The highest BCUT2D eigenvalue weighted by Crippen LogP contribution is 2.34. The van der Waals surface area contributed by atoms with E-state index in [9.17, 15) is 0 Å². The Kier molecular flexibility index (Phi) is 6.69. The molecule has 0 N–H and O–H groups in total. The van der Waals surface area contributed by atoms with Crippen LogP contribution in [-0.2, 0) is 0 Å². The zero-order valence-electron chi connectivity index (χ0n) is 14.4. The quantitative estimate of drug-likeness (QED) is 0.401. The van der Waals surface area contributed by atoms with Gasteiger partial charge in [0.05, 0.1) is 17.0 Å². The average molecular weight is 410 g/mol. The van der Waals surface area contributed by atoms with Crippen molar-refractivity contribution in [3.05, 3.63) is 51.0 Å². The van der Waals surface area contributed by atoms with E-state index in [2.05, 4.69) is 39.7 Å². The molecule has 0 aromatic heterocycles. The van der Waals surface area contributed by atoms with Gasteiger partial charge in [-0.25, -0.2) is 4.99 Å². The second-order valence-corrected chi connectivity index (χ2v) is 6.81. The molecule has 2 aromatic rings. The Balaban J connectivity index is 2.24. The van der Waals surface area contributed by atoms with Crippen molar-refractivity contribution in [3.8, 4) is 11.5 Å². The van der Waals surface area contributed by atoms with Crippen molar-refractivity contribution in [2.45, 2.75) is 27.7 Å². The van der Waals surface area contributed by atoms with Gasteiger partial charge in [0.15, 0.2) is 0 Å². The van der Waals surface area contributed by atoms with E-state index in [4.69, 9.17) is 16.3 Å². The van der Waals surface area contributed by atoms with Crippen LogP contribution < -0.4 is 4.74 Å². The molecule has 0 spiro atoms. The summed E-state index contributed by atoms with van der Waals surface area (Å²) < 4.78 is 6.83. The predicted molar refractivity (Wildman–Crippen MR) is 106 cm³/mol. The molecule has 0 aliphatic heterocycles. The number of aliphatic imine (C=N–C) groups is 1. The smallest absolute Gasteiger partial charge is 0.130 e. The van der Waals surface area contributed by atoms with Crippen molar-refractivity contribution in [1.29, 1.82) is 0 Å². The summed E-state index contributed by atoms with van der Waals surface area (Å²) in [6.07, 6.45) is 1.90. The first-order chi connectivity index (χ1) is 11.4. The normalized spacial score (nSPS) is 11.1. The van der Waals surface area contributed by atoms with Crippen LogP contribution in [0.3, 0.4) is 0 Å². The molecular formula is C19H22BrClN2O. The summed E-state index contributed by atoms with van der Waals surface area (Å²) in [6.45, 7) is 10.2. The number of aryl methyl sites for hydroxylation is 2. The number of hydrogen-bond donors (Lipinski definition) is 0. The zero-order chi connectivity index (χ0) is 17.7. The molecule has 0 unspecified atom stereocenters. The summed E-state index contributed by atoms with van der Waals surface area (Å²) in [5.74, 6) is 1.53. The second-order valence-electron chi connectivity index (χ2n) is 5.55. The van der Waals surface area contributed by atoms with Crippen molar-refractivity contribution in [3.63, 3.8) is 0 Å². The van der Waals surface area contributed by atoms with Crippen LogP contribution in [0.15, 0.2) is 39.8 Å². The topological polar surface area (TPSA) is 24.8 Å². The molecule has 0 saturated carbocycles. The molecule has 0 atom stereocenters. The number of halogens is 2. The van der Waals surface area contributed by atoms with E-state index in [-0.39, 0.29) is 0 Å². The van der Waals surface area contributed by atoms with Gasteiger partial charge in [-0.3, -0.25) is 0 Å². The highest BCUT2D eigenvalue weighted by atomic mass is 79.9. The van der Waals surface area contributed by atoms with Crippen molar-refractivity contribution < 1.29 is 4.74 Å². The Morgan fingerprint density at radius 2 is 1.83 bits per heavy atom. The van der Waals surface area contributed by atoms with Crippen LogP contribution in [0.5, 0.6) is 11.5 Å². The molecule has 0 saturated heterocycles.